The van der Waals surface area contributed by atoms with Crippen LogP contribution in [-0.2, 0) is 13.5 Å². The number of carbonyl (C=O) groups excluding carboxylic acids is 2. The van der Waals surface area contributed by atoms with Crippen LogP contribution in [0.2, 0.25) is 0 Å². The van der Waals surface area contributed by atoms with Crippen molar-refractivity contribution in [3.63, 3.8) is 0 Å². The summed E-state index contributed by atoms with van der Waals surface area (Å²) < 4.78 is 6.64. The van der Waals surface area contributed by atoms with Crippen molar-refractivity contribution >= 4 is 11.6 Å². The number of hydrogen-bond acceptors (Lipinski definition) is 4. The minimum Gasteiger partial charge on any atom is -0.461 e. The van der Waals surface area contributed by atoms with E-state index in [4.69, 9.17) is 4.42 Å². The molecule has 0 aliphatic carbocycles. The molecule has 0 spiro atoms. The molecule has 0 saturated carbocycles. The summed E-state index contributed by atoms with van der Waals surface area (Å²) in [6, 6.07) is 3.20. The van der Waals surface area contributed by atoms with Gasteiger partial charge in [0.05, 0.1) is 23.4 Å². The van der Waals surface area contributed by atoms with Gasteiger partial charge in [0.2, 0.25) is 5.78 Å². The average Bonchev–Trinajstić information content (AvgIpc) is 3.04. The van der Waals surface area contributed by atoms with Gasteiger partial charge in [-0.05, 0) is 25.5 Å². The summed E-state index contributed by atoms with van der Waals surface area (Å²) >= 11 is 0. The van der Waals surface area contributed by atoms with Crippen LogP contribution in [0.4, 0.5) is 0 Å². The third-order valence-corrected chi connectivity index (χ3v) is 3.06. The van der Waals surface area contributed by atoms with Crippen molar-refractivity contribution in [3.8, 4) is 0 Å². The first-order valence-corrected chi connectivity index (χ1v) is 6.19. The molecule has 5 heteroatoms. The standard InChI is InChI=1S/C14H16N2O3/c1-4-11-10(8-16(3)15-11)13(17)9(2)14(18)12-6-5-7-19-12/h5-9H,4H2,1-3H3. The molecule has 0 N–H and O–H groups in total. The van der Waals surface area contributed by atoms with E-state index in [-0.39, 0.29) is 17.3 Å². The highest BCUT2D eigenvalue weighted by atomic mass is 16.3. The number of furan rings is 1. The maximum absolute atomic E-state index is 12.4. The average molecular weight is 260 g/mol. The van der Waals surface area contributed by atoms with Crippen molar-refractivity contribution in [2.75, 3.05) is 0 Å². The molecule has 0 fully saturated rings. The van der Waals surface area contributed by atoms with Crippen molar-refractivity contribution in [1.29, 1.82) is 0 Å². The Morgan fingerprint density at radius 3 is 2.74 bits per heavy atom. The lowest BCUT2D eigenvalue weighted by Crippen LogP contribution is -2.21. The predicted molar refractivity (Wildman–Crippen MR) is 69.1 cm³/mol. The second-order valence-electron chi connectivity index (χ2n) is 4.44. The van der Waals surface area contributed by atoms with E-state index in [0.717, 1.165) is 0 Å². The zero-order valence-corrected chi connectivity index (χ0v) is 11.2. The highest BCUT2D eigenvalue weighted by molar-refractivity contribution is 6.15. The third-order valence-electron chi connectivity index (χ3n) is 3.06. The summed E-state index contributed by atoms with van der Waals surface area (Å²) in [6.07, 6.45) is 3.74. The number of aromatic nitrogens is 2. The van der Waals surface area contributed by atoms with Crippen LogP contribution in [0.25, 0.3) is 0 Å². The fourth-order valence-corrected chi connectivity index (χ4v) is 1.99. The van der Waals surface area contributed by atoms with Crippen molar-refractivity contribution in [1.82, 2.24) is 9.78 Å². The van der Waals surface area contributed by atoms with Crippen LogP contribution >= 0.6 is 0 Å². The zero-order chi connectivity index (χ0) is 14.0. The second kappa shape index (κ2) is 5.22. The Hall–Kier alpha value is -2.17. The molecule has 0 aliphatic heterocycles. The normalized spacial score (nSPS) is 12.4. The number of carbonyl (C=O) groups is 2. The van der Waals surface area contributed by atoms with E-state index in [1.165, 1.54) is 6.26 Å². The summed E-state index contributed by atoms with van der Waals surface area (Å²) in [4.78, 5) is 24.4. The van der Waals surface area contributed by atoms with Gasteiger partial charge in [-0.2, -0.15) is 5.10 Å². The molecule has 100 valence electrons. The first-order chi connectivity index (χ1) is 9.04. The maximum Gasteiger partial charge on any atom is 0.208 e. The van der Waals surface area contributed by atoms with Crippen LogP contribution in [0, 0.1) is 5.92 Å². The summed E-state index contributed by atoms with van der Waals surface area (Å²) in [5, 5.41) is 4.22. The first-order valence-electron chi connectivity index (χ1n) is 6.19. The number of nitrogens with zero attached hydrogens (tertiary/aromatic N) is 2. The molecular formula is C14H16N2O3. The van der Waals surface area contributed by atoms with E-state index >= 15 is 0 Å². The molecule has 19 heavy (non-hydrogen) atoms. The van der Waals surface area contributed by atoms with E-state index in [1.54, 1.807) is 37.0 Å². The monoisotopic (exact) mass is 260 g/mol. The van der Waals surface area contributed by atoms with Gasteiger partial charge in [0.25, 0.3) is 0 Å². The molecule has 2 rings (SSSR count). The van der Waals surface area contributed by atoms with E-state index in [2.05, 4.69) is 5.10 Å². The number of rotatable bonds is 5. The van der Waals surface area contributed by atoms with Crippen molar-refractivity contribution in [3.05, 3.63) is 41.6 Å². The predicted octanol–water partition coefficient (Wildman–Crippen LogP) is 2.28. The van der Waals surface area contributed by atoms with Crippen molar-refractivity contribution in [2.45, 2.75) is 20.3 Å². The summed E-state index contributed by atoms with van der Waals surface area (Å²) in [5.74, 6) is -1.07. The Balaban J connectivity index is 2.26. The Labute approximate surface area is 111 Å². The first kappa shape index (κ1) is 13.3. The molecule has 0 aliphatic rings. The molecule has 0 amide bonds. The minimum atomic E-state index is -0.763. The smallest absolute Gasteiger partial charge is 0.208 e. The molecule has 0 radical (unpaired) electrons. The highest BCUT2D eigenvalue weighted by Gasteiger charge is 2.28. The molecule has 0 saturated heterocycles. The SMILES string of the molecule is CCc1nn(C)cc1C(=O)C(C)C(=O)c1ccco1. The van der Waals surface area contributed by atoms with Crippen LogP contribution in [-0.4, -0.2) is 21.3 Å². The van der Waals surface area contributed by atoms with Gasteiger partial charge in [-0.3, -0.25) is 14.3 Å². The lowest BCUT2D eigenvalue weighted by Gasteiger charge is -2.07. The van der Waals surface area contributed by atoms with Gasteiger partial charge in [-0.1, -0.05) is 6.92 Å². The lowest BCUT2D eigenvalue weighted by molar-refractivity contribution is 0.0803. The summed E-state index contributed by atoms with van der Waals surface area (Å²) in [5.41, 5.74) is 1.23. The Kier molecular flexibility index (Phi) is 3.64. The Morgan fingerprint density at radius 1 is 1.42 bits per heavy atom. The Morgan fingerprint density at radius 2 is 2.16 bits per heavy atom. The van der Waals surface area contributed by atoms with Gasteiger partial charge in [0.1, 0.15) is 0 Å². The van der Waals surface area contributed by atoms with Gasteiger partial charge in [-0.15, -0.1) is 0 Å². The zero-order valence-electron chi connectivity index (χ0n) is 11.2. The molecular weight excluding hydrogens is 244 g/mol. The fourth-order valence-electron chi connectivity index (χ4n) is 1.99. The fraction of sp³-hybridized carbons (Fsp3) is 0.357. The molecule has 1 unspecified atom stereocenters. The molecule has 2 aromatic heterocycles. The van der Waals surface area contributed by atoms with Crippen molar-refractivity contribution in [2.24, 2.45) is 13.0 Å². The van der Waals surface area contributed by atoms with Gasteiger partial charge in [0.15, 0.2) is 11.5 Å². The van der Waals surface area contributed by atoms with E-state index in [9.17, 15) is 9.59 Å². The molecule has 0 aromatic carbocycles. The number of ketones is 2. The molecule has 1 atom stereocenters. The largest absolute Gasteiger partial charge is 0.461 e. The topological polar surface area (TPSA) is 65.1 Å². The van der Waals surface area contributed by atoms with E-state index < -0.39 is 5.92 Å². The van der Waals surface area contributed by atoms with E-state index in [1.807, 2.05) is 6.92 Å². The van der Waals surface area contributed by atoms with Crippen molar-refractivity contribution < 1.29 is 14.0 Å². The van der Waals surface area contributed by atoms with E-state index in [0.29, 0.717) is 17.7 Å². The highest BCUT2D eigenvalue weighted by Crippen LogP contribution is 2.17. The van der Waals surface area contributed by atoms with Crippen LogP contribution < -0.4 is 0 Å². The molecule has 5 nitrogen and oxygen atoms in total. The lowest BCUT2D eigenvalue weighted by atomic mass is 9.94. The summed E-state index contributed by atoms with van der Waals surface area (Å²) in [6.45, 7) is 3.53. The van der Waals surface area contributed by atoms with Crippen LogP contribution in [0.5, 0.6) is 0 Å². The number of Topliss-reactive ketones (excluding diaryl/α,β-unsaturated/α-hetero) is 2. The third kappa shape index (κ3) is 2.50. The molecule has 0 bridgehead atoms. The second-order valence-corrected chi connectivity index (χ2v) is 4.44. The van der Waals surface area contributed by atoms with Crippen LogP contribution in [0.1, 0.15) is 40.5 Å². The quantitative estimate of drug-likeness (QED) is 0.611. The van der Waals surface area contributed by atoms with Gasteiger partial charge in [0, 0.05) is 13.2 Å². The Bertz CT molecular complexity index is 596. The van der Waals surface area contributed by atoms with Gasteiger partial charge in [-0.25, -0.2) is 0 Å². The minimum absolute atomic E-state index is 0.211. The number of aryl methyl sites for hydroxylation is 2. The molecule has 2 heterocycles. The molecule has 2 aromatic rings. The summed E-state index contributed by atoms with van der Waals surface area (Å²) in [7, 11) is 1.76. The van der Waals surface area contributed by atoms with Gasteiger partial charge < -0.3 is 4.42 Å². The van der Waals surface area contributed by atoms with Crippen LogP contribution in [0.15, 0.2) is 29.0 Å². The maximum atomic E-state index is 12.4. The number of hydrogen-bond donors (Lipinski definition) is 0. The van der Waals surface area contributed by atoms with Crippen LogP contribution in [0.3, 0.4) is 0 Å². The van der Waals surface area contributed by atoms with Gasteiger partial charge >= 0.3 is 0 Å².